The lowest BCUT2D eigenvalue weighted by molar-refractivity contribution is 0.0890. The molecule has 1 unspecified atom stereocenters. The van der Waals surface area contributed by atoms with Crippen LogP contribution in [0.5, 0.6) is 0 Å². The second-order valence-corrected chi connectivity index (χ2v) is 5.01. The number of aliphatic hydroxyl groups excluding tert-OH is 1. The van der Waals surface area contributed by atoms with Crippen molar-refractivity contribution in [1.82, 2.24) is 5.32 Å². The zero-order valence-corrected chi connectivity index (χ0v) is 10.4. The summed E-state index contributed by atoms with van der Waals surface area (Å²) < 4.78 is 13.0. The number of nitrogens with one attached hydrogen (secondary N) is 1. The molecule has 1 atom stereocenters. The predicted octanol–water partition coefficient (Wildman–Crippen LogP) is 2.38. The monoisotopic (exact) mass is 257 g/mol. The van der Waals surface area contributed by atoms with Gasteiger partial charge >= 0.3 is 0 Å². The Labute approximate surface area is 106 Å². The molecule has 1 heterocycles. The zero-order valence-electron chi connectivity index (χ0n) is 9.63. The maximum absolute atomic E-state index is 13.0. The summed E-state index contributed by atoms with van der Waals surface area (Å²) in [4.78, 5) is 0. The van der Waals surface area contributed by atoms with Crippen LogP contribution in [-0.2, 0) is 6.42 Å². The van der Waals surface area contributed by atoms with Crippen LogP contribution in [0.1, 0.15) is 18.4 Å². The molecule has 1 aromatic rings. The van der Waals surface area contributed by atoms with Gasteiger partial charge in [-0.25, -0.2) is 4.39 Å². The summed E-state index contributed by atoms with van der Waals surface area (Å²) >= 11 is 5.72. The molecule has 1 fully saturated rings. The predicted molar refractivity (Wildman–Crippen MR) is 66.7 cm³/mol. The lowest BCUT2D eigenvalue weighted by Crippen LogP contribution is -2.35. The molecule has 2 rings (SSSR count). The first kappa shape index (κ1) is 12.8. The minimum atomic E-state index is -0.410. The summed E-state index contributed by atoms with van der Waals surface area (Å²) in [6.07, 6.45) is 2.18. The highest BCUT2D eigenvalue weighted by atomic mass is 35.5. The van der Waals surface area contributed by atoms with E-state index in [9.17, 15) is 9.50 Å². The third-order valence-corrected chi connectivity index (χ3v) is 3.65. The number of hydrogen-bond acceptors (Lipinski definition) is 2. The highest BCUT2D eigenvalue weighted by Crippen LogP contribution is 2.22. The van der Waals surface area contributed by atoms with E-state index in [4.69, 9.17) is 11.6 Å². The molecular weight excluding hydrogens is 241 g/mol. The van der Waals surface area contributed by atoms with Crippen LogP contribution in [0.2, 0.25) is 5.02 Å². The van der Waals surface area contributed by atoms with E-state index in [1.165, 1.54) is 6.07 Å². The summed E-state index contributed by atoms with van der Waals surface area (Å²) in [7, 11) is 0. The van der Waals surface area contributed by atoms with E-state index in [0.29, 0.717) is 12.3 Å². The molecule has 1 aliphatic rings. The average molecular weight is 258 g/mol. The second kappa shape index (κ2) is 5.80. The Hall–Kier alpha value is -0.640. The van der Waals surface area contributed by atoms with Gasteiger partial charge in [0.1, 0.15) is 5.82 Å². The van der Waals surface area contributed by atoms with Crippen LogP contribution in [0, 0.1) is 11.7 Å². The van der Waals surface area contributed by atoms with Crippen molar-refractivity contribution in [3.8, 4) is 0 Å². The smallest absolute Gasteiger partial charge is 0.141 e. The topological polar surface area (TPSA) is 32.3 Å². The number of piperidine rings is 1. The fourth-order valence-electron chi connectivity index (χ4n) is 2.30. The minimum Gasteiger partial charge on any atom is -0.392 e. The van der Waals surface area contributed by atoms with Crippen LogP contribution in [0.15, 0.2) is 18.2 Å². The summed E-state index contributed by atoms with van der Waals surface area (Å²) in [6, 6.07) is 4.64. The molecule has 17 heavy (non-hydrogen) atoms. The molecule has 1 saturated heterocycles. The van der Waals surface area contributed by atoms with Gasteiger partial charge in [-0.2, -0.15) is 0 Å². The van der Waals surface area contributed by atoms with Gasteiger partial charge in [0.2, 0.25) is 0 Å². The van der Waals surface area contributed by atoms with Crippen LogP contribution in [-0.4, -0.2) is 24.3 Å². The largest absolute Gasteiger partial charge is 0.392 e. The minimum absolute atomic E-state index is 0.125. The second-order valence-electron chi connectivity index (χ2n) is 4.61. The van der Waals surface area contributed by atoms with Crippen LogP contribution < -0.4 is 5.32 Å². The van der Waals surface area contributed by atoms with Gasteiger partial charge in [0.15, 0.2) is 0 Å². The normalized spacial score (nSPS) is 19.2. The van der Waals surface area contributed by atoms with E-state index < -0.39 is 5.82 Å². The molecule has 0 aromatic heterocycles. The fourth-order valence-corrected chi connectivity index (χ4v) is 2.51. The number of rotatable bonds is 3. The maximum Gasteiger partial charge on any atom is 0.141 e. The number of benzene rings is 1. The molecular formula is C13H17ClFNO. The van der Waals surface area contributed by atoms with Crippen molar-refractivity contribution in [2.24, 2.45) is 5.92 Å². The molecule has 0 spiro atoms. The van der Waals surface area contributed by atoms with E-state index in [2.05, 4.69) is 5.32 Å². The lowest BCUT2D eigenvalue weighted by Gasteiger charge is -2.27. The SMILES string of the molecule is OC(Cc1ccc(F)c(Cl)c1)C1CCNCC1. The highest BCUT2D eigenvalue weighted by molar-refractivity contribution is 6.30. The lowest BCUT2D eigenvalue weighted by atomic mass is 9.89. The van der Waals surface area contributed by atoms with Crippen LogP contribution in [0.3, 0.4) is 0 Å². The first-order valence-electron chi connectivity index (χ1n) is 5.99. The third kappa shape index (κ3) is 3.41. The Morgan fingerprint density at radius 2 is 2.12 bits per heavy atom. The van der Waals surface area contributed by atoms with E-state index in [1.54, 1.807) is 12.1 Å². The van der Waals surface area contributed by atoms with Crippen molar-refractivity contribution in [3.63, 3.8) is 0 Å². The Kier molecular flexibility index (Phi) is 4.37. The molecule has 4 heteroatoms. The highest BCUT2D eigenvalue weighted by Gasteiger charge is 2.21. The van der Waals surface area contributed by atoms with Gasteiger partial charge in [0, 0.05) is 0 Å². The molecule has 0 radical (unpaired) electrons. The van der Waals surface area contributed by atoms with E-state index >= 15 is 0 Å². The summed E-state index contributed by atoms with van der Waals surface area (Å²) in [5.41, 5.74) is 0.891. The molecule has 2 nitrogen and oxygen atoms in total. The summed E-state index contributed by atoms with van der Waals surface area (Å²) in [5, 5.41) is 13.5. The zero-order chi connectivity index (χ0) is 12.3. The van der Waals surface area contributed by atoms with Crippen molar-refractivity contribution < 1.29 is 9.50 Å². The Morgan fingerprint density at radius 1 is 1.41 bits per heavy atom. The van der Waals surface area contributed by atoms with Gasteiger partial charge < -0.3 is 10.4 Å². The van der Waals surface area contributed by atoms with Crippen molar-refractivity contribution in [2.45, 2.75) is 25.4 Å². The molecule has 1 aliphatic heterocycles. The maximum atomic E-state index is 13.0. The first-order valence-corrected chi connectivity index (χ1v) is 6.37. The molecule has 0 bridgehead atoms. The van der Waals surface area contributed by atoms with Crippen LogP contribution >= 0.6 is 11.6 Å². The summed E-state index contributed by atoms with van der Waals surface area (Å²) in [5.74, 6) is -0.0770. The van der Waals surface area contributed by atoms with Crippen molar-refractivity contribution >= 4 is 11.6 Å². The van der Waals surface area contributed by atoms with E-state index in [1.807, 2.05) is 0 Å². The van der Waals surface area contributed by atoms with Crippen LogP contribution in [0.4, 0.5) is 4.39 Å². The number of hydrogen-bond donors (Lipinski definition) is 2. The number of halogens is 2. The van der Waals surface area contributed by atoms with Crippen LogP contribution in [0.25, 0.3) is 0 Å². The first-order chi connectivity index (χ1) is 8.16. The van der Waals surface area contributed by atoms with E-state index in [0.717, 1.165) is 31.5 Å². The molecule has 1 aromatic carbocycles. The van der Waals surface area contributed by atoms with Gasteiger partial charge in [-0.3, -0.25) is 0 Å². The quantitative estimate of drug-likeness (QED) is 0.872. The summed E-state index contributed by atoms with van der Waals surface area (Å²) in [6.45, 7) is 1.93. The van der Waals surface area contributed by atoms with Gasteiger partial charge in [-0.15, -0.1) is 0 Å². The molecule has 94 valence electrons. The number of aliphatic hydroxyl groups is 1. The van der Waals surface area contributed by atoms with Gasteiger partial charge in [0.05, 0.1) is 11.1 Å². The fraction of sp³-hybridized carbons (Fsp3) is 0.538. The van der Waals surface area contributed by atoms with Crippen molar-refractivity contribution in [1.29, 1.82) is 0 Å². The average Bonchev–Trinajstić information content (AvgIpc) is 2.35. The van der Waals surface area contributed by atoms with E-state index in [-0.39, 0.29) is 11.1 Å². The standard InChI is InChI=1S/C13H17ClFNO/c14-11-7-9(1-2-12(11)15)8-13(17)10-3-5-16-6-4-10/h1-2,7,10,13,16-17H,3-6,8H2. The van der Waals surface area contributed by atoms with Crippen molar-refractivity contribution in [3.05, 3.63) is 34.6 Å². The molecule has 0 saturated carbocycles. The van der Waals surface area contributed by atoms with Gasteiger partial charge in [-0.1, -0.05) is 17.7 Å². The Morgan fingerprint density at radius 3 is 2.76 bits per heavy atom. The Balaban J connectivity index is 1.96. The molecule has 0 amide bonds. The van der Waals surface area contributed by atoms with Crippen molar-refractivity contribution in [2.75, 3.05) is 13.1 Å². The van der Waals surface area contributed by atoms with Gasteiger partial charge in [-0.05, 0) is 56.0 Å². The molecule has 0 aliphatic carbocycles. The Bertz CT molecular complexity index is 380. The third-order valence-electron chi connectivity index (χ3n) is 3.36. The van der Waals surface area contributed by atoms with Gasteiger partial charge in [0.25, 0.3) is 0 Å². The molecule has 2 N–H and O–H groups in total.